The summed E-state index contributed by atoms with van der Waals surface area (Å²) >= 11 is 0. The van der Waals surface area contributed by atoms with E-state index in [1.54, 1.807) is 17.6 Å². The summed E-state index contributed by atoms with van der Waals surface area (Å²) in [5.41, 5.74) is 0.502. The van der Waals surface area contributed by atoms with Crippen molar-refractivity contribution < 1.29 is 26.4 Å². The number of nitrogens with zero attached hydrogens (tertiary/aromatic N) is 1. The Kier molecular flexibility index (Phi) is 6.83. The highest BCUT2D eigenvalue weighted by atomic mass is 32.2. The Balaban J connectivity index is 2.04. The Morgan fingerprint density at radius 1 is 1.12 bits per heavy atom. The van der Waals surface area contributed by atoms with E-state index in [1.807, 2.05) is 0 Å². The maximum atomic E-state index is 13.7. The lowest BCUT2D eigenvalue weighted by molar-refractivity contribution is -0.137. The van der Waals surface area contributed by atoms with Gasteiger partial charge < -0.3 is 9.88 Å². The monoisotopic (exact) mass is 476 g/mol. The molecule has 3 rings (SSSR count). The summed E-state index contributed by atoms with van der Waals surface area (Å²) in [7, 11) is -3.38. The first-order valence-electron chi connectivity index (χ1n) is 10.0. The highest BCUT2D eigenvalue weighted by molar-refractivity contribution is 7.90. The Hall–Kier alpha value is -3.33. The van der Waals surface area contributed by atoms with Crippen LogP contribution in [0.5, 0.6) is 0 Å². The van der Waals surface area contributed by atoms with Crippen LogP contribution in [0.15, 0.2) is 72.3 Å². The van der Waals surface area contributed by atoms with Crippen molar-refractivity contribution in [3.05, 3.63) is 84.1 Å². The summed E-state index contributed by atoms with van der Waals surface area (Å²) < 4.78 is 65.9. The van der Waals surface area contributed by atoms with Crippen molar-refractivity contribution in [2.45, 2.75) is 31.0 Å². The number of allylic oxidation sites excluding steroid dienone is 1. The molecule has 0 aliphatic rings. The summed E-state index contributed by atoms with van der Waals surface area (Å²) in [6.07, 6.45) is 0.208. The average Bonchev–Trinajstić information content (AvgIpc) is 3.07. The number of nitrogens with one attached hydrogen (secondary N) is 1. The zero-order valence-electron chi connectivity index (χ0n) is 18.1. The molecule has 174 valence electrons. The second-order valence-corrected chi connectivity index (χ2v) is 9.60. The van der Waals surface area contributed by atoms with Gasteiger partial charge in [0.25, 0.3) is 5.91 Å². The Bertz CT molecular complexity index is 1290. The molecule has 0 atom stereocenters. The van der Waals surface area contributed by atoms with Crippen molar-refractivity contribution in [3.8, 4) is 11.3 Å². The van der Waals surface area contributed by atoms with Crippen molar-refractivity contribution >= 4 is 21.4 Å². The van der Waals surface area contributed by atoms with Crippen LogP contribution < -0.4 is 5.32 Å². The molecular weight excluding hydrogens is 453 g/mol. The van der Waals surface area contributed by atoms with Crippen molar-refractivity contribution in [2.75, 3.05) is 11.6 Å². The first-order chi connectivity index (χ1) is 15.4. The van der Waals surface area contributed by atoms with Crippen LogP contribution in [0.4, 0.5) is 18.9 Å². The average molecular weight is 477 g/mol. The predicted molar refractivity (Wildman–Crippen MR) is 122 cm³/mol. The molecule has 1 aromatic heterocycles. The molecule has 0 saturated heterocycles. The quantitative estimate of drug-likeness (QED) is 0.444. The van der Waals surface area contributed by atoms with Gasteiger partial charge in [-0.15, -0.1) is 6.58 Å². The van der Waals surface area contributed by atoms with Gasteiger partial charge in [0.2, 0.25) is 0 Å². The third-order valence-corrected chi connectivity index (χ3v) is 6.31. The highest BCUT2D eigenvalue weighted by Gasteiger charge is 2.35. The van der Waals surface area contributed by atoms with Crippen molar-refractivity contribution in [2.24, 2.45) is 0 Å². The minimum Gasteiger partial charge on any atom is -0.346 e. The van der Waals surface area contributed by atoms with E-state index in [9.17, 15) is 26.4 Å². The lowest BCUT2D eigenvalue weighted by Crippen LogP contribution is -2.12. The Morgan fingerprint density at radius 2 is 1.76 bits per heavy atom. The van der Waals surface area contributed by atoms with Gasteiger partial charge >= 0.3 is 6.18 Å². The van der Waals surface area contributed by atoms with E-state index >= 15 is 0 Å². The molecule has 0 aliphatic heterocycles. The summed E-state index contributed by atoms with van der Waals surface area (Å²) in [6, 6.07) is 10.9. The second kappa shape index (κ2) is 9.27. The molecule has 33 heavy (non-hydrogen) atoms. The van der Waals surface area contributed by atoms with Gasteiger partial charge in [0.1, 0.15) is 0 Å². The van der Waals surface area contributed by atoms with Gasteiger partial charge in [-0.05, 0) is 49.2 Å². The van der Waals surface area contributed by atoms with E-state index in [0.717, 1.165) is 12.3 Å². The standard InChI is InChI=1S/C24H23F3N2O3S/c1-4-5-14-29-15-20(23(30)28-17-10-12-18(13-11-17)33(3,31)32)16(2)22(29)19-8-6-7-9-21(19)24(25,26)27/h4,6-13,15H,1,5,14H2,2-3H3,(H,28,30). The van der Waals surface area contributed by atoms with Crippen LogP contribution in [-0.4, -0.2) is 25.1 Å². The molecule has 0 bridgehead atoms. The SMILES string of the molecule is C=CCCn1cc(C(=O)Nc2ccc(S(C)(=O)=O)cc2)c(C)c1-c1ccccc1C(F)(F)F. The number of rotatable bonds is 7. The largest absolute Gasteiger partial charge is 0.417 e. The number of carbonyl (C=O) groups excluding carboxylic acids is 1. The molecule has 0 saturated carbocycles. The van der Waals surface area contributed by atoms with Crippen LogP contribution >= 0.6 is 0 Å². The van der Waals surface area contributed by atoms with Crippen LogP contribution in [0.2, 0.25) is 0 Å². The van der Waals surface area contributed by atoms with Gasteiger partial charge in [0.15, 0.2) is 9.84 Å². The Morgan fingerprint density at radius 3 is 2.33 bits per heavy atom. The number of benzene rings is 2. The number of amides is 1. The normalized spacial score (nSPS) is 11.9. The van der Waals surface area contributed by atoms with E-state index in [1.165, 1.54) is 48.7 Å². The van der Waals surface area contributed by atoms with Gasteiger partial charge in [-0.25, -0.2) is 8.42 Å². The fourth-order valence-electron chi connectivity index (χ4n) is 3.57. The lowest BCUT2D eigenvalue weighted by Gasteiger charge is -2.16. The molecule has 1 heterocycles. The van der Waals surface area contributed by atoms with Crippen LogP contribution in [0.3, 0.4) is 0 Å². The number of aromatic nitrogens is 1. The maximum Gasteiger partial charge on any atom is 0.417 e. The molecule has 0 aliphatic carbocycles. The van der Waals surface area contributed by atoms with Crippen LogP contribution in [-0.2, 0) is 22.6 Å². The highest BCUT2D eigenvalue weighted by Crippen LogP contribution is 2.39. The smallest absolute Gasteiger partial charge is 0.346 e. The van der Waals surface area contributed by atoms with Crippen LogP contribution in [0.25, 0.3) is 11.3 Å². The number of sulfone groups is 1. The first-order valence-corrected chi connectivity index (χ1v) is 11.9. The molecule has 0 fully saturated rings. The molecule has 1 N–H and O–H groups in total. The van der Waals surface area contributed by atoms with E-state index < -0.39 is 27.5 Å². The van der Waals surface area contributed by atoms with Gasteiger partial charge in [-0.1, -0.05) is 24.3 Å². The maximum absolute atomic E-state index is 13.7. The van der Waals surface area contributed by atoms with Crippen LogP contribution in [0, 0.1) is 6.92 Å². The van der Waals surface area contributed by atoms with E-state index in [-0.39, 0.29) is 16.0 Å². The number of anilines is 1. The van der Waals surface area contributed by atoms with Crippen molar-refractivity contribution in [1.82, 2.24) is 4.57 Å². The third kappa shape index (κ3) is 5.36. The third-order valence-electron chi connectivity index (χ3n) is 5.18. The van der Waals surface area contributed by atoms with E-state index in [2.05, 4.69) is 11.9 Å². The van der Waals surface area contributed by atoms with Gasteiger partial charge in [0, 0.05) is 30.2 Å². The van der Waals surface area contributed by atoms with Gasteiger partial charge in [-0.2, -0.15) is 13.2 Å². The summed E-state index contributed by atoms with van der Waals surface area (Å²) in [6.45, 7) is 5.62. The van der Waals surface area contributed by atoms with Crippen molar-refractivity contribution in [3.63, 3.8) is 0 Å². The number of hydrogen-bond acceptors (Lipinski definition) is 3. The fourth-order valence-corrected chi connectivity index (χ4v) is 4.20. The first kappa shape index (κ1) is 24.3. The number of aryl methyl sites for hydroxylation is 1. The zero-order valence-corrected chi connectivity index (χ0v) is 18.9. The minimum absolute atomic E-state index is 0.0110. The van der Waals surface area contributed by atoms with Crippen molar-refractivity contribution in [1.29, 1.82) is 0 Å². The number of carbonyl (C=O) groups is 1. The van der Waals surface area contributed by atoms with E-state index in [4.69, 9.17) is 0 Å². The molecule has 2 aromatic carbocycles. The molecule has 3 aromatic rings. The fraction of sp³-hybridized carbons (Fsp3) is 0.208. The summed E-state index contributed by atoms with van der Waals surface area (Å²) in [5, 5.41) is 2.68. The second-order valence-electron chi connectivity index (χ2n) is 7.58. The molecule has 0 unspecified atom stereocenters. The molecule has 1 amide bonds. The lowest BCUT2D eigenvalue weighted by atomic mass is 10.00. The topological polar surface area (TPSA) is 68.2 Å². The van der Waals surface area contributed by atoms with Gasteiger partial charge in [-0.3, -0.25) is 4.79 Å². The molecule has 0 radical (unpaired) electrons. The van der Waals surface area contributed by atoms with E-state index in [0.29, 0.717) is 29.9 Å². The molecular formula is C24H23F3N2O3S. The van der Waals surface area contributed by atoms with Gasteiger partial charge in [0.05, 0.1) is 21.7 Å². The molecule has 9 heteroatoms. The number of hydrogen-bond donors (Lipinski definition) is 1. The number of alkyl halides is 3. The summed E-state index contributed by atoms with van der Waals surface area (Å²) in [5.74, 6) is -0.511. The zero-order chi connectivity index (χ0) is 24.4. The Labute approximate surface area is 190 Å². The molecule has 0 spiro atoms. The predicted octanol–water partition coefficient (Wildman–Crippen LogP) is 5.71. The number of halogens is 3. The minimum atomic E-state index is -4.56. The summed E-state index contributed by atoms with van der Waals surface area (Å²) in [4.78, 5) is 13.1. The van der Waals surface area contributed by atoms with Crippen LogP contribution in [0.1, 0.15) is 27.9 Å². The molecule has 5 nitrogen and oxygen atoms in total.